The number of rotatable bonds is 8. The van der Waals surface area contributed by atoms with Crippen molar-refractivity contribution in [1.29, 1.82) is 0 Å². The predicted molar refractivity (Wildman–Crippen MR) is 84.4 cm³/mol. The van der Waals surface area contributed by atoms with E-state index in [0.29, 0.717) is 0 Å². The Hall–Kier alpha value is -0.380. The molecule has 1 aliphatic rings. The zero-order valence-corrected chi connectivity index (χ0v) is 13.4. The lowest BCUT2D eigenvalue weighted by molar-refractivity contribution is 0.0794. The van der Waals surface area contributed by atoms with Crippen LogP contribution in [0.25, 0.3) is 0 Å². The van der Waals surface area contributed by atoms with E-state index in [0.717, 1.165) is 25.0 Å². The van der Waals surface area contributed by atoms with Gasteiger partial charge in [0.15, 0.2) is 0 Å². The average Bonchev–Trinajstić information content (AvgIpc) is 3.10. The summed E-state index contributed by atoms with van der Waals surface area (Å²) < 4.78 is 0. The molecule has 0 spiro atoms. The van der Waals surface area contributed by atoms with Crippen molar-refractivity contribution in [3.05, 3.63) is 22.4 Å². The van der Waals surface area contributed by atoms with Gasteiger partial charge in [0.1, 0.15) is 0 Å². The molecule has 0 bridgehead atoms. The summed E-state index contributed by atoms with van der Waals surface area (Å²) in [7, 11) is 0. The second-order valence-electron chi connectivity index (χ2n) is 6.57. The molecule has 2 rings (SSSR count). The molecule has 1 aromatic rings. The summed E-state index contributed by atoms with van der Waals surface area (Å²) in [6, 6.07) is 5.17. The highest BCUT2D eigenvalue weighted by molar-refractivity contribution is 7.09. The van der Waals surface area contributed by atoms with Gasteiger partial charge in [-0.15, -0.1) is 11.3 Å². The van der Waals surface area contributed by atoms with Crippen LogP contribution in [-0.4, -0.2) is 23.0 Å². The number of thiophene rings is 1. The Bertz CT molecular complexity index is 370. The van der Waals surface area contributed by atoms with Crippen LogP contribution in [0.15, 0.2) is 17.5 Å². The maximum absolute atomic E-state index is 6.15. The van der Waals surface area contributed by atoms with Gasteiger partial charge < -0.3 is 5.73 Å². The first kappa shape index (κ1) is 15.0. The van der Waals surface area contributed by atoms with Crippen molar-refractivity contribution in [1.82, 2.24) is 4.90 Å². The lowest BCUT2D eigenvalue weighted by Crippen LogP contribution is -2.52. The SMILES string of the molecule is CC(C)CCC(C)(CN)N(Cc1cccs1)C1CC1. The minimum absolute atomic E-state index is 0.162. The third kappa shape index (κ3) is 4.04. The van der Waals surface area contributed by atoms with Crippen molar-refractivity contribution in [3.8, 4) is 0 Å². The minimum Gasteiger partial charge on any atom is -0.329 e. The highest BCUT2D eigenvalue weighted by Crippen LogP contribution is 2.37. The van der Waals surface area contributed by atoms with Gasteiger partial charge in [-0.3, -0.25) is 4.90 Å². The van der Waals surface area contributed by atoms with Crippen LogP contribution in [0.3, 0.4) is 0 Å². The van der Waals surface area contributed by atoms with E-state index in [2.05, 4.69) is 43.2 Å². The van der Waals surface area contributed by atoms with Gasteiger partial charge in [0.2, 0.25) is 0 Å². The smallest absolute Gasteiger partial charge is 0.0336 e. The second kappa shape index (κ2) is 6.38. The maximum atomic E-state index is 6.15. The van der Waals surface area contributed by atoms with E-state index in [9.17, 15) is 0 Å². The molecule has 3 heteroatoms. The van der Waals surface area contributed by atoms with E-state index in [1.165, 1.54) is 30.6 Å². The average molecular weight is 280 g/mol. The van der Waals surface area contributed by atoms with Crippen LogP contribution in [0.4, 0.5) is 0 Å². The highest BCUT2D eigenvalue weighted by Gasteiger charge is 2.40. The zero-order chi connectivity index (χ0) is 13.9. The third-order valence-electron chi connectivity index (χ3n) is 4.29. The molecule has 0 amide bonds. The standard InChI is InChI=1S/C16H28N2S/c1-13(2)8-9-16(3,12-17)18(14-6-7-14)11-15-5-4-10-19-15/h4-5,10,13-14H,6-9,11-12,17H2,1-3H3. The molecule has 1 fully saturated rings. The summed E-state index contributed by atoms with van der Waals surface area (Å²) in [5.74, 6) is 0.758. The van der Waals surface area contributed by atoms with Crippen molar-refractivity contribution < 1.29 is 0 Å². The number of hydrogen-bond acceptors (Lipinski definition) is 3. The molecule has 1 unspecified atom stereocenters. The molecule has 2 nitrogen and oxygen atoms in total. The van der Waals surface area contributed by atoms with Crippen molar-refractivity contribution in [2.24, 2.45) is 11.7 Å². The molecule has 2 N–H and O–H groups in total. The Kier molecular flexibility index (Phi) is 5.04. The van der Waals surface area contributed by atoms with E-state index < -0.39 is 0 Å². The molecule has 0 saturated heterocycles. The van der Waals surface area contributed by atoms with Crippen LogP contribution in [0.2, 0.25) is 0 Å². The van der Waals surface area contributed by atoms with Crippen LogP contribution in [0.5, 0.6) is 0 Å². The Balaban J connectivity index is 2.06. The molecule has 0 aliphatic heterocycles. The third-order valence-corrected chi connectivity index (χ3v) is 5.15. The quantitative estimate of drug-likeness (QED) is 0.783. The summed E-state index contributed by atoms with van der Waals surface area (Å²) in [6.07, 6.45) is 5.18. The Morgan fingerprint density at radius 1 is 1.47 bits per heavy atom. The molecule has 0 aromatic carbocycles. The molecule has 1 heterocycles. The lowest BCUT2D eigenvalue weighted by atomic mass is 9.89. The number of nitrogens with zero attached hydrogens (tertiary/aromatic N) is 1. The van der Waals surface area contributed by atoms with Crippen molar-refractivity contribution in [3.63, 3.8) is 0 Å². The van der Waals surface area contributed by atoms with E-state index >= 15 is 0 Å². The molecule has 19 heavy (non-hydrogen) atoms. The normalized spacial score (nSPS) is 19.1. The van der Waals surface area contributed by atoms with Crippen LogP contribution >= 0.6 is 11.3 Å². The van der Waals surface area contributed by atoms with Gasteiger partial charge in [-0.05, 0) is 50.0 Å². The van der Waals surface area contributed by atoms with Crippen LogP contribution in [-0.2, 0) is 6.54 Å². The fourth-order valence-corrected chi connectivity index (χ4v) is 3.38. The molecule has 0 radical (unpaired) electrons. The van der Waals surface area contributed by atoms with Gasteiger partial charge in [-0.25, -0.2) is 0 Å². The van der Waals surface area contributed by atoms with E-state index in [1.54, 1.807) is 0 Å². The fourth-order valence-electron chi connectivity index (χ4n) is 2.68. The number of hydrogen-bond donors (Lipinski definition) is 1. The minimum atomic E-state index is 0.162. The second-order valence-corrected chi connectivity index (χ2v) is 7.60. The molecule has 1 aromatic heterocycles. The maximum Gasteiger partial charge on any atom is 0.0336 e. The summed E-state index contributed by atoms with van der Waals surface area (Å²) in [6.45, 7) is 8.81. The molecular weight excluding hydrogens is 252 g/mol. The zero-order valence-electron chi connectivity index (χ0n) is 12.6. The lowest BCUT2D eigenvalue weighted by Gasteiger charge is -2.41. The predicted octanol–water partition coefficient (Wildman–Crippen LogP) is 3.87. The van der Waals surface area contributed by atoms with E-state index in [1.807, 2.05) is 11.3 Å². The first-order chi connectivity index (χ1) is 9.05. The van der Waals surface area contributed by atoms with Crippen LogP contribution in [0.1, 0.15) is 51.3 Å². The molecule has 1 atom stereocenters. The molecular formula is C16H28N2S. The van der Waals surface area contributed by atoms with Gasteiger partial charge in [-0.1, -0.05) is 19.9 Å². The van der Waals surface area contributed by atoms with Gasteiger partial charge in [-0.2, -0.15) is 0 Å². The first-order valence-corrected chi connectivity index (χ1v) is 8.42. The first-order valence-electron chi connectivity index (χ1n) is 7.54. The summed E-state index contributed by atoms with van der Waals surface area (Å²) in [5.41, 5.74) is 6.31. The topological polar surface area (TPSA) is 29.3 Å². The Labute approximate surface area is 122 Å². The van der Waals surface area contributed by atoms with Crippen LogP contribution in [0, 0.1) is 5.92 Å². The van der Waals surface area contributed by atoms with Crippen LogP contribution < -0.4 is 5.73 Å². The largest absolute Gasteiger partial charge is 0.329 e. The number of nitrogens with two attached hydrogens (primary N) is 1. The van der Waals surface area contributed by atoms with Gasteiger partial charge >= 0.3 is 0 Å². The van der Waals surface area contributed by atoms with Gasteiger partial charge in [0, 0.05) is 29.5 Å². The molecule has 1 aliphatic carbocycles. The van der Waals surface area contributed by atoms with Crippen molar-refractivity contribution in [2.45, 2.75) is 64.6 Å². The van der Waals surface area contributed by atoms with Crippen molar-refractivity contribution in [2.75, 3.05) is 6.54 Å². The summed E-state index contributed by atoms with van der Waals surface area (Å²) >= 11 is 1.86. The Morgan fingerprint density at radius 3 is 2.68 bits per heavy atom. The van der Waals surface area contributed by atoms with Crippen molar-refractivity contribution >= 4 is 11.3 Å². The molecule has 1 saturated carbocycles. The van der Waals surface area contributed by atoms with E-state index in [4.69, 9.17) is 5.73 Å². The Morgan fingerprint density at radius 2 is 2.21 bits per heavy atom. The summed E-state index contributed by atoms with van der Waals surface area (Å²) in [4.78, 5) is 4.15. The van der Waals surface area contributed by atoms with E-state index in [-0.39, 0.29) is 5.54 Å². The van der Waals surface area contributed by atoms with Gasteiger partial charge in [0.05, 0.1) is 0 Å². The molecule has 108 valence electrons. The van der Waals surface area contributed by atoms with Gasteiger partial charge in [0.25, 0.3) is 0 Å². The fraction of sp³-hybridized carbons (Fsp3) is 0.750. The monoisotopic (exact) mass is 280 g/mol. The highest BCUT2D eigenvalue weighted by atomic mass is 32.1. The summed E-state index contributed by atoms with van der Waals surface area (Å²) in [5, 5.41) is 2.17.